The van der Waals surface area contributed by atoms with Gasteiger partial charge in [-0.3, -0.25) is 0 Å². The molecule has 0 saturated carbocycles. The third kappa shape index (κ3) is 2.30. The Labute approximate surface area is 108 Å². The fourth-order valence-corrected chi connectivity index (χ4v) is 1.81. The van der Waals surface area contributed by atoms with E-state index in [4.69, 9.17) is 10.3 Å². The first-order chi connectivity index (χ1) is 9.22. The Morgan fingerprint density at radius 1 is 1.21 bits per heavy atom. The number of nitrogens with one attached hydrogen (secondary N) is 1. The van der Waals surface area contributed by atoms with E-state index in [2.05, 4.69) is 25.4 Å². The van der Waals surface area contributed by atoms with Crippen molar-refractivity contribution in [3.05, 3.63) is 36.0 Å². The van der Waals surface area contributed by atoms with Crippen LogP contribution in [0.1, 0.15) is 11.7 Å². The van der Waals surface area contributed by atoms with Crippen LogP contribution in [0.15, 0.2) is 28.8 Å². The number of nitrogen functional groups attached to an aromatic ring is 1. The normalized spacial score (nSPS) is 10.8. The number of nitrogens with two attached hydrogens (primary N) is 1. The largest absolute Gasteiger partial charge is 0.368 e. The highest BCUT2D eigenvalue weighted by Crippen LogP contribution is 2.20. The number of hydrogen-bond acceptors (Lipinski definition) is 7. The van der Waals surface area contributed by atoms with Crippen molar-refractivity contribution < 1.29 is 4.52 Å². The molecule has 0 amide bonds. The van der Waals surface area contributed by atoms with Gasteiger partial charge in [0.1, 0.15) is 5.82 Å². The van der Waals surface area contributed by atoms with E-state index in [1.54, 1.807) is 6.92 Å². The molecule has 0 aliphatic carbocycles. The molecule has 0 fully saturated rings. The second-order valence-corrected chi connectivity index (χ2v) is 4.03. The Morgan fingerprint density at radius 2 is 2.05 bits per heavy atom. The Bertz CT molecular complexity index is 723. The van der Waals surface area contributed by atoms with Gasteiger partial charge in [-0.25, -0.2) is 4.98 Å². The third-order valence-corrected chi connectivity index (χ3v) is 2.60. The molecular formula is C12H12N6O. The van der Waals surface area contributed by atoms with Gasteiger partial charge in [0.05, 0.1) is 12.1 Å². The summed E-state index contributed by atoms with van der Waals surface area (Å²) in [6.07, 6.45) is 0. The van der Waals surface area contributed by atoms with Crippen LogP contribution in [0.3, 0.4) is 0 Å². The Hall–Kier alpha value is -2.70. The second kappa shape index (κ2) is 4.52. The summed E-state index contributed by atoms with van der Waals surface area (Å²) >= 11 is 0. The molecule has 3 rings (SSSR count). The molecular weight excluding hydrogens is 244 g/mol. The summed E-state index contributed by atoms with van der Waals surface area (Å²) in [6, 6.07) is 7.64. The third-order valence-electron chi connectivity index (χ3n) is 2.60. The summed E-state index contributed by atoms with van der Waals surface area (Å²) < 4.78 is 4.91. The van der Waals surface area contributed by atoms with E-state index in [1.807, 2.05) is 24.3 Å². The van der Waals surface area contributed by atoms with Crippen LogP contribution in [0.2, 0.25) is 0 Å². The SMILES string of the molecule is Cc1nc(CNc2nc(N)nc3ccccc23)no1. The molecule has 2 aromatic heterocycles. The van der Waals surface area contributed by atoms with E-state index in [0.29, 0.717) is 24.1 Å². The Kier molecular flexibility index (Phi) is 2.71. The molecule has 0 spiro atoms. The van der Waals surface area contributed by atoms with Gasteiger partial charge in [0, 0.05) is 12.3 Å². The smallest absolute Gasteiger partial charge is 0.223 e. The Balaban J connectivity index is 1.91. The molecule has 3 aromatic rings. The molecule has 1 aromatic carbocycles. The average molecular weight is 256 g/mol. The van der Waals surface area contributed by atoms with Crippen LogP contribution >= 0.6 is 0 Å². The van der Waals surface area contributed by atoms with Gasteiger partial charge >= 0.3 is 0 Å². The topological polar surface area (TPSA) is 103 Å². The number of fused-ring (bicyclic) bond motifs is 1. The zero-order chi connectivity index (χ0) is 13.2. The number of para-hydroxylation sites is 1. The van der Waals surface area contributed by atoms with E-state index in [9.17, 15) is 0 Å². The summed E-state index contributed by atoms with van der Waals surface area (Å²) in [5.74, 6) is 1.98. The van der Waals surface area contributed by atoms with Crippen molar-refractivity contribution in [2.45, 2.75) is 13.5 Å². The lowest BCUT2D eigenvalue weighted by atomic mass is 10.2. The minimum absolute atomic E-state index is 0.227. The fraction of sp³-hybridized carbons (Fsp3) is 0.167. The van der Waals surface area contributed by atoms with Crippen molar-refractivity contribution in [2.24, 2.45) is 0 Å². The minimum atomic E-state index is 0.227. The fourth-order valence-electron chi connectivity index (χ4n) is 1.81. The lowest BCUT2D eigenvalue weighted by Gasteiger charge is -2.07. The summed E-state index contributed by atoms with van der Waals surface area (Å²) in [5.41, 5.74) is 6.48. The number of aromatic nitrogens is 4. The monoisotopic (exact) mass is 256 g/mol. The van der Waals surface area contributed by atoms with Crippen LogP contribution < -0.4 is 11.1 Å². The molecule has 7 heteroatoms. The maximum atomic E-state index is 5.69. The molecule has 19 heavy (non-hydrogen) atoms. The summed E-state index contributed by atoms with van der Waals surface area (Å²) in [6.45, 7) is 2.16. The quantitative estimate of drug-likeness (QED) is 0.732. The van der Waals surface area contributed by atoms with Crippen molar-refractivity contribution in [2.75, 3.05) is 11.1 Å². The standard InChI is InChI=1S/C12H12N6O/c1-7-15-10(18-19-7)6-14-11-8-4-2-3-5-9(8)16-12(13)17-11/h2-5H,6H2,1H3,(H3,13,14,16,17). The molecule has 96 valence electrons. The predicted molar refractivity (Wildman–Crippen MR) is 70.3 cm³/mol. The van der Waals surface area contributed by atoms with E-state index in [0.717, 1.165) is 10.9 Å². The molecule has 3 N–H and O–H groups in total. The molecule has 0 saturated heterocycles. The van der Waals surface area contributed by atoms with E-state index < -0.39 is 0 Å². The van der Waals surface area contributed by atoms with Gasteiger partial charge < -0.3 is 15.6 Å². The molecule has 0 unspecified atom stereocenters. The van der Waals surface area contributed by atoms with Gasteiger partial charge in [0.2, 0.25) is 11.8 Å². The van der Waals surface area contributed by atoms with Crippen LogP contribution in [-0.2, 0) is 6.54 Å². The van der Waals surface area contributed by atoms with Crippen LogP contribution in [0, 0.1) is 6.92 Å². The van der Waals surface area contributed by atoms with Crippen molar-refractivity contribution >= 4 is 22.7 Å². The molecule has 0 radical (unpaired) electrons. The first kappa shape index (κ1) is 11.4. The van der Waals surface area contributed by atoms with Crippen molar-refractivity contribution in [1.29, 1.82) is 0 Å². The van der Waals surface area contributed by atoms with Gasteiger partial charge in [-0.1, -0.05) is 17.3 Å². The lowest BCUT2D eigenvalue weighted by molar-refractivity contribution is 0.388. The first-order valence-corrected chi connectivity index (χ1v) is 5.78. The highest BCUT2D eigenvalue weighted by Gasteiger charge is 2.07. The zero-order valence-electron chi connectivity index (χ0n) is 10.3. The number of anilines is 2. The van der Waals surface area contributed by atoms with Crippen LogP contribution in [0.5, 0.6) is 0 Å². The van der Waals surface area contributed by atoms with Gasteiger partial charge in [-0.05, 0) is 12.1 Å². The van der Waals surface area contributed by atoms with Crippen molar-refractivity contribution in [1.82, 2.24) is 20.1 Å². The second-order valence-electron chi connectivity index (χ2n) is 4.03. The van der Waals surface area contributed by atoms with Crippen LogP contribution in [0.4, 0.5) is 11.8 Å². The number of rotatable bonds is 3. The van der Waals surface area contributed by atoms with Gasteiger partial charge in [0.25, 0.3) is 0 Å². The first-order valence-electron chi connectivity index (χ1n) is 5.78. The number of benzene rings is 1. The van der Waals surface area contributed by atoms with Crippen LogP contribution in [0.25, 0.3) is 10.9 Å². The highest BCUT2D eigenvalue weighted by atomic mass is 16.5. The van der Waals surface area contributed by atoms with Crippen molar-refractivity contribution in [3.8, 4) is 0 Å². The summed E-state index contributed by atoms with van der Waals surface area (Å²) in [5, 5.41) is 7.85. The number of nitrogens with zero attached hydrogens (tertiary/aromatic N) is 4. The van der Waals surface area contributed by atoms with Crippen LogP contribution in [-0.4, -0.2) is 20.1 Å². The van der Waals surface area contributed by atoms with E-state index in [1.165, 1.54) is 0 Å². The molecule has 2 heterocycles. The Morgan fingerprint density at radius 3 is 2.84 bits per heavy atom. The molecule has 0 aliphatic heterocycles. The van der Waals surface area contributed by atoms with Crippen molar-refractivity contribution in [3.63, 3.8) is 0 Å². The van der Waals surface area contributed by atoms with E-state index in [-0.39, 0.29) is 5.95 Å². The maximum absolute atomic E-state index is 5.69. The summed E-state index contributed by atoms with van der Waals surface area (Å²) in [4.78, 5) is 12.5. The number of aryl methyl sites for hydroxylation is 1. The minimum Gasteiger partial charge on any atom is -0.368 e. The summed E-state index contributed by atoms with van der Waals surface area (Å²) in [7, 11) is 0. The zero-order valence-corrected chi connectivity index (χ0v) is 10.3. The highest BCUT2D eigenvalue weighted by molar-refractivity contribution is 5.89. The number of hydrogen-bond donors (Lipinski definition) is 2. The molecule has 0 aliphatic rings. The molecule has 0 bridgehead atoms. The average Bonchev–Trinajstić information content (AvgIpc) is 2.81. The van der Waals surface area contributed by atoms with E-state index >= 15 is 0 Å². The molecule has 0 atom stereocenters. The van der Waals surface area contributed by atoms with Gasteiger partial charge in [-0.15, -0.1) is 0 Å². The van der Waals surface area contributed by atoms with Gasteiger partial charge in [-0.2, -0.15) is 9.97 Å². The van der Waals surface area contributed by atoms with Gasteiger partial charge in [0.15, 0.2) is 5.82 Å². The molecule has 7 nitrogen and oxygen atoms in total. The maximum Gasteiger partial charge on any atom is 0.223 e. The predicted octanol–water partition coefficient (Wildman–Crippen LogP) is 1.52. The lowest BCUT2D eigenvalue weighted by Crippen LogP contribution is -2.06.